The van der Waals surface area contributed by atoms with E-state index >= 15 is 0 Å². The van der Waals surface area contributed by atoms with Crippen LogP contribution in [-0.4, -0.2) is 60.6 Å². The molecule has 0 saturated carbocycles. The quantitative estimate of drug-likeness (QED) is 0.846. The normalized spacial score (nSPS) is 25.1. The minimum Gasteiger partial charge on any atom is -0.381 e. The highest BCUT2D eigenvalue weighted by Crippen LogP contribution is 2.37. The fraction of sp³-hybridized carbons (Fsp3) is 0.647. The molecule has 120 valence electrons. The predicted octanol–water partition coefficient (Wildman–Crippen LogP) is 1.54. The van der Waals surface area contributed by atoms with Crippen molar-refractivity contribution >= 4 is 5.91 Å². The first-order valence-electron chi connectivity index (χ1n) is 8.10. The molecule has 1 aromatic heterocycles. The molecular formula is C17H25N3O2. The molecule has 22 heavy (non-hydrogen) atoms. The van der Waals surface area contributed by atoms with Gasteiger partial charge in [0.1, 0.15) is 0 Å². The van der Waals surface area contributed by atoms with Gasteiger partial charge in [0.05, 0.1) is 13.2 Å². The molecule has 3 heterocycles. The Morgan fingerprint density at radius 2 is 2.23 bits per heavy atom. The van der Waals surface area contributed by atoms with Crippen LogP contribution in [0.3, 0.4) is 0 Å². The molecule has 2 saturated heterocycles. The minimum atomic E-state index is 0.234. The number of carbonyl (C=O) groups is 1. The molecule has 5 heteroatoms. The Balaban J connectivity index is 1.52. The number of piperidine rings is 1. The third-order valence-corrected chi connectivity index (χ3v) is 4.81. The van der Waals surface area contributed by atoms with Gasteiger partial charge in [-0.25, -0.2) is 0 Å². The third-order valence-electron chi connectivity index (χ3n) is 4.81. The van der Waals surface area contributed by atoms with Gasteiger partial charge in [-0.2, -0.15) is 0 Å². The van der Waals surface area contributed by atoms with Crippen LogP contribution in [0.2, 0.25) is 0 Å². The van der Waals surface area contributed by atoms with Crippen molar-refractivity contribution in [3.63, 3.8) is 0 Å². The number of nitrogens with zero attached hydrogens (tertiary/aromatic N) is 3. The summed E-state index contributed by atoms with van der Waals surface area (Å²) in [7, 11) is 2.00. The van der Waals surface area contributed by atoms with Crippen molar-refractivity contribution in [3.8, 4) is 0 Å². The lowest BCUT2D eigenvalue weighted by Crippen LogP contribution is -2.49. The highest BCUT2D eigenvalue weighted by Gasteiger charge is 2.40. The van der Waals surface area contributed by atoms with E-state index in [0.717, 1.165) is 45.7 Å². The zero-order chi connectivity index (χ0) is 15.4. The van der Waals surface area contributed by atoms with Crippen molar-refractivity contribution < 1.29 is 9.53 Å². The number of likely N-dealkylation sites (N-methyl/N-ethyl adjacent to an activating group) is 1. The van der Waals surface area contributed by atoms with E-state index in [1.807, 2.05) is 24.1 Å². The Labute approximate surface area is 132 Å². The summed E-state index contributed by atoms with van der Waals surface area (Å²) in [5.74, 6) is 0.238. The van der Waals surface area contributed by atoms with Crippen LogP contribution >= 0.6 is 0 Å². The molecule has 2 aliphatic heterocycles. The van der Waals surface area contributed by atoms with Gasteiger partial charge in [-0.05, 0) is 44.0 Å². The molecule has 1 aromatic rings. The Hall–Kier alpha value is -1.46. The van der Waals surface area contributed by atoms with Gasteiger partial charge in [0.25, 0.3) is 0 Å². The molecule has 0 N–H and O–H groups in total. The van der Waals surface area contributed by atoms with Gasteiger partial charge in [0.2, 0.25) is 5.91 Å². The second kappa shape index (κ2) is 6.75. The fourth-order valence-corrected chi connectivity index (χ4v) is 3.58. The first kappa shape index (κ1) is 15.4. The van der Waals surface area contributed by atoms with Crippen LogP contribution in [0, 0.1) is 5.41 Å². The van der Waals surface area contributed by atoms with Crippen molar-refractivity contribution in [2.45, 2.75) is 25.8 Å². The molecule has 1 unspecified atom stereocenters. The zero-order valence-electron chi connectivity index (χ0n) is 13.3. The van der Waals surface area contributed by atoms with Crippen molar-refractivity contribution in [2.24, 2.45) is 5.41 Å². The van der Waals surface area contributed by atoms with E-state index in [0.29, 0.717) is 6.54 Å². The summed E-state index contributed by atoms with van der Waals surface area (Å²) in [6, 6.07) is 3.99. The van der Waals surface area contributed by atoms with Crippen LogP contribution in [0.25, 0.3) is 0 Å². The molecule has 5 nitrogen and oxygen atoms in total. The lowest BCUT2D eigenvalue weighted by Gasteiger charge is -2.40. The van der Waals surface area contributed by atoms with Gasteiger partial charge in [-0.3, -0.25) is 14.7 Å². The third kappa shape index (κ3) is 3.65. The second-order valence-corrected chi connectivity index (χ2v) is 6.75. The molecule has 1 atom stereocenters. The predicted molar refractivity (Wildman–Crippen MR) is 84.3 cm³/mol. The molecule has 0 radical (unpaired) electrons. The maximum absolute atomic E-state index is 12.6. The Morgan fingerprint density at radius 1 is 1.41 bits per heavy atom. The Bertz CT molecular complexity index is 500. The summed E-state index contributed by atoms with van der Waals surface area (Å²) in [4.78, 5) is 20.7. The number of aromatic nitrogens is 1. The van der Waals surface area contributed by atoms with Crippen LogP contribution in [0.5, 0.6) is 0 Å². The van der Waals surface area contributed by atoms with E-state index in [1.165, 1.54) is 12.0 Å². The lowest BCUT2D eigenvalue weighted by molar-refractivity contribution is -0.135. The molecule has 2 aliphatic rings. The van der Waals surface area contributed by atoms with Crippen LogP contribution in [0.1, 0.15) is 24.8 Å². The highest BCUT2D eigenvalue weighted by atomic mass is 16.5. The van der Waals surface area contributed by atoms with Crippen molar-refractivity contribution in [2.75, 3.05) is 39.9 Å². The van der Waals surface area contributed by atoms with Gasteiger partial charge in [-0.1, -0.05) is 0 Å². The number of amides is 1. The van der Waals surface area contributed by atoms with E-state index in [4.69, 9.17) is 4.74 Å². The second-order valence-electron chi connectivity index (χ2n) is 6.75. The lowest BCUT2D eigenvalue weighted by atomic mass is 9.79. The number of hydrogen-bond acceptors (Lipinski definition) is 4. The number of likely N-dealkylation sites (tertiary alicyclic amines) is 1. The Morgan fingerprint density at radius 3 is 2.95 bits per heavy atom. The van der Waals surface area contributed by atoms with Crippen LogP contribution < -0.4 is 0 Å². The smallest absolute Gasteiger partial charge is 0.236 e. The molecular weight excluding hydrogens is 278 g/mol. The van der Waals surface area contributed by atoms with Crippen LogP contribution in [-0.2, 0) is 16.1 Å². The maximum atomic E-state index is 12.6. The monoisotopic (exact) mass is 303 g/mol. The summed E-state index contributed by atoms with van der Waals surface area (Å²) in [5, 5.41) is 0. The summed E-state index contributed by atoms with van der Waals surface area (Å²) in [6.45, 7) is 4.68. The zero-order valence-corrected chi connectivity index (χ0v) is 13.3. The fourth-order valence-electron chi connectivity index (χ4n) is 3.58. The number of carbonyl (C=O) groups excluding carboxylic acids is 1. The Kier molecular flexibility index (Phi) is 4.74. The topological polar surface area (TPSA) is 45.7 Å². The standard InChI is InChI=1S/C17H25N3O2/c1-19(11-15-3-7-18-8-4-15)12-16(21)20-9-2-5-17(13-20)6-10-22-14-17/h3-4,7-8H,2,5-6,9-14H2,1H3. The van der Waals surface area contributed by atoms with E-state index in [2.05, 4.69) is 9.88 Å². The summed E-state index contributed by atoms with van der Waals surface area (Å²) in [6.07, 6.45) is 6.98. The number of hydrogen-bond donors (Lipinski definition) is 0. The number of pyridine rings is 1. The highest BCUT2D eigenvalue weighted by molar-refractivity contribution is 5.78. The summed E-state index contributed by atoms with van der Waals surface area (Å²) < 4.78 is 5.57. The van der Waals surface area contributed by atoms with Gasteiger partial charge in [0.15, 0.2) is 0 Å². The minimum absolute atomic E-state index is 0.234. The summed E-state index contributed by atoms with van der Waals surface area (Å²) >= 11 is 0. The molecule has 0 aromatic carbocycles. The molecule has 0 bridgehead atoms. The van der Waals surface area contributed by atoms with E-state index in [1.54, 1.807) is 12.4 Å². The molecule has 2 fully saturated rings. The molecule has 1 amide bonds. The van der Waals surface area contributed by atoms with E-state index in [-0.39, 0.29) is 11.3 Å². The molecule has 1 spiro atoms. The van der Waals surface area contributed by atoms with Crippen molar-refractivity contribution in [1.82, 2.24) is 14.8 Å². The van der Waals surface area contributed by atoms with Gasteiger partial charge in [0, 0.05) is 44.0 Å². The first-order chi connectivity index (χ1) is 10.7. The van der Waals surface area contributed by atoms with Gasteiger partial charge < -0.3 is 9.64 Å². The van der Waals surface area contributed by atoms with Crippen molar-refractivity contribution in [3.05, 3.63) is 30.1 Å². The van der Waals surface area contributed by atoms with Crippen molar-refractivity contribution in [1.29, 1.82) is 0 Å². The number of rotatable bonds is 4. The average molecular weight is 303 g/mol. The maximum Gasteiger partial charge on any atom is 0.236 e. The molecule has 0 aliphatic carbocycles. The number of ether oxygens (including phenoxy) is 1. The van der Waals surface area contributed by atoms with E-state index in [9.17, 15) is 4.79 Å². The van der Waals surface area contributed by atoms with Crippen LogP contribution in [0.15, 0.2) is 24.5 Å². The average Bonchev–Trinajstić information content (AvgIpc) is 2.96. The first-order valence-corrected chi connectivity index (χ1v) is 8.10. The SMILES string of the molecule is CN(CC(=O)N1CCCC2(CCOC2)C1)Cc1ccncc1. The van der Waals surface area contributed by atoms with Crippen LogP contribution in [0.4, 0.5) is 0 Å². The van der Waals surface area contributed by atoms with E-state index < -0.39 is 0 Å². The van der Waals surface area contributed by atoms with Gasteiger partial charge in [-0.15, -0.1) is 0 Å². The molecule has 3 rings (SSSR count). The summed E-state index contributed by atoms with van der Waals surface area (Å²) in [5.41, 5.74) is 1.42. The largest absolute Gasteiger partial charge is 0.381 e. The van der Waals surface area contributed by atoms with Gasteiger partial charge >= 0.3 is 0 Å².